The zero-order chi connectivity index (χ0) is 10.1. The van der Waals surface area contributed by atoms with E-state index < -0.39 is 11.9 Å². The van der Waals surface area contributed by atoms with Crippen molar-refractivity contribution in [3.8, 4) is 0 Å². The van der Waals surface area contributed by atoms with Crippen molar-refractivity contribution in [2.24, 2.45) is 0 Å². The van der Waals surface area contributed by atoms with Crippen molar-refractivity contribution in [2.75, 3.05) is 7.11 Å². The van der Waals surface area contributed by atoms with Crippen LogP contribution in [0.25, 0.3) is 0 Å². The van der Waals surface area contributed by atoms with Crippen LogP contribution < -0.4 is 0 Å². The lowest BCUT2D eigenvalue weighted by atomic mass is 10.1. The Labute approximate surface area is 80.9 Å². The summed E-state index contributed by atoms with van der Waals surface area (Å²) in [4.78, 5) is 14.7. The molecule has 4 heteroatoms. The molecule has 1 heterocycles. The van der Waals surface area contributed by atoms with Gasteiger partial charge in [0.2, 0.25) is 5.95 Å². The first kappa shape index (κ1) is 9.12. The van der Waals surface area contributed by atoms with E-state index in [1.807, 2.05) is 0 Å². The maximum atomic E-state index is 13.1. The summed E-state index contributed by atoms with van der Waals surface area (Å²) in [7, 11) is 1.23. The van der Waals surface area contributed by atoms with E-state index in [0.717, 1.165) is 18.4 Å². The molecule has 0 amide bonds. The second-order valence-corrected chi connectivity index (χ2v) is 3.37. The molecule has 1 aromatic heterocycles. The van der Waals surface area contributed by atoms with Crippen LogP contribution in [-0.2, 0) is 4.74 Å². The fourth-order valence-electron chi connectivity index (χ4n) is 1.36. The fourth-order valence-corrected chi connectivity index (χ4v) is 1.36. The largest absolute Gasteiger partial charge is 0.465 e. The Hall–Kier alpha value is -1.45. The molecule has 0 radical (unpaired) electrons. The van der Waals surface area contributed by atoms with E-state index in [4.69, 9.17) is 0 Å². The molecule has 1 saturated carbocycles. The summed E-state index contributed by atoms with van der Waals surface area (Å²) in [5, 5.41) is 0. The first-order valence-electron chi connectivity index (χ1n) is 4.46. The number of esters is 1. The quantitative estimate of drug-likeness (QED) is 0.534. The maximum Gasteiger partial charge on any atom is 0.342 e. The van der Waals surface area contributed by atoms with Gasteiger partial charge in [-0.15, -0.1) is 0 Å². The van der Waals surface area contributed by atoms with Gasteiger partial charge in [0.15, 0.2) is 0 Å². The number of carbonyl (C=O) groups is 1. The van der Waals surface area contributed by atoms with Crippen LogP contribution in [0.4, 0.5) is 4.39 Å². The van der Waals surface area contributed by atoms with Crippen molar-refractivity contribution in [1.29, 1.82) is 0 Å². The minimum atomic E-state index is -0.763. The standard InChI is InChI=1S/C10H10FNO2/c1-14-10(13)8-4-7(6-2-3-6)5-12-9(8)11/h4-6H,2-3H2,1H3. The number of hydrogen-bond acceptors (Lipinski definition) is 3. The van der Waals surface area contributed by atoms with Gasteiger partial charge in [-0.3, -0.25) is 0 Å². The minimum Gasteiger partial charge on any atom is -0.465 e. The van der Waals surface area contributed by atoms with Gasteiger partial charge in [0.05, 0.1) is 7.11 Å². The van der Waals surface area contributed by atoms with Crippen LogP contribution in [-0.4, -0.2) is 18.1 Å². The lowest BCUT2D eigenvalue weighted by Gasteiger charge is -2.02. The first-order valence-corrected chi connectivity index (χ1v) is 4.46. The third-order valence-corrected chi connectivity index (χ3v) is 2.31. The number of ether oxygens (including phenoxy) is 1. The Morgan fingerprint density at radius 1 is 1.64 bits per heavy atom. The SMILES string of the molecule is COC(=O)c1cc(C2CC2)cnc1F. The van der Waals surface area contributed by atoms with E-state index in [-0.39, 0.29) is 5.56 Å². The average Bonchev–Trinajstić information content (AvgIpc) is 3.01. The average molecular weight is 195 g/mol. The van der Waals surface area contributed by atoms with Gasteiger partial charge in [0.1, 0.15) is 5.56 Å². The van der Waals surface area contributed by atoms with Crippen LogP contribution in [0.2, 0.25) is 0 Å². The molecule has 0 saturated heterocycles. The van der Waals surface area contributed by atoms with Gasteiger partial charge >= 0.3 is 5.97 Å². The summed E-state index contributed by atoms with van der Waals surface area (Å²) in [5.74, 6) is -0.981. The monoisotopic (exact) mass is 195 g/mol. The Bertz CT molecular complexity index is 374. The van der Waals surface area contributed by atoms with Crippen LogP contribution in [0, 0.1) is 5.95 Å². The molecule has 0 N–H and O–H groups in total. The fraction of sp³-hybridized carbons (Fsp3) is 0.400. The van der Waals surface area contributed by atoms with Gasteiger partial charge in [-0.05, 0) is 30.4 Å². The molecule has 1 aliphatic carbocycles. The molecule has 0 aromatic carbocycles. The third-order valence-electron chi connectivity index (χ3n) is 2.31. The van der Waals surface area contributed by atoms with Crippen molar-refractivity contribution in [2.45, 2.75) is 18.8 Å². The predicted octanol–water partition coefficient (Wildman–Crippen LogP) is 1.88. The molecular weight excluding hydrogens is 185 g/mol. The van der Waals surface area contributed by atoms with Crippen LogP contribution in [0.1, 0.15) is 34.7 Å². The molecule has 2 rings (SSSR count). The van der Waals surface area contributed by atoms with Gasteiger partial charge in [-0.25, -0.2) is 9.78 Å². The van der Waals surface area contributed by atoms with E-state index in [0.29, 0.717) is 5.92 Å². The number of carbonyl (C=O) groups excluding carboxylic acids is 1. The Morgan fingerprint density at radius 2 is 2.36 bits per heavy atom. The number of pyridine rings is 1. The summed E-state index contributed by atoms with van der Waals surface area (Å²) in [6, 6.07) is 1.53. The van der Waals surface area contributed by atoms with E-state index in [1.165, 1.54) is 19.4 Å². The lowest BCUT2D eigenvalue weighted by Crippen LogP contribution is -2.06. The number of hydrogen-bond donors (Lipinski definition) is 0. The van der Waals surface area contributed by atoms with Crippen molar-refractivity contribution < 1.29 is 13.9 Å². The molecule has 0 bridgehead atoms. The summed E-state index contributed by atoms with van der Waals surface area (Å²) in [6.45, 7) is 0. The first-order chi connectivity index (χ1) is 6.72. The molecule has 0 aliphatic heterocycles. The Balaban J connectivity index is 2.36. The molecule has 1 aromatic rings. The molecule has 1 aliphatic rings. The summed E-state index contributed by atoms with van der Waals surface area (Å²) >= 11 is 0. The number of rotatable bonds is 2. The Morgan fingerprint density at radius 3 is 2.93 bits per heavy atom. The smallest absolute Gasteiger partial charge is 0.342 e. The van der Waals surface area contributed by atoms with E-state index >= 15 is 0 Å². The molecule has 14 heavy (non-hydrogen) atoms. The summed E-state index contributed by atoms with van der Waals surface area (Å²) in [5.41, 5.74) is 0.851. The maximum absolute atomic E-state index is 13.1. The van der Waals surface area contributed by atoms with Crippen molar-refractivity contribution in [3.63, 3.8) is 0 Å². The van der Waals surface area contributed by atoms with Gasteiger partial charge in [0, 0.05) is 6.20 Å². The van der Waals surface area contributed by atoms with Crippen LogP contribution in [0.3, 0.4) is 0 Å². The van der Waals surface area contributed by atoms with E-state index in [1.54, 1.807) is 0 Å². The van der Waals surface area contributed by atoms with Crippen LogP contribution in [0.5, 0.6) is 0 Å². The second-order valence-electron chi connectivity index (χ2n) is 3.37. The third kappa shape index (κ3) is 1.60. The van der Waals surface area contributed by atoms with Gasteiger partial charge in [-0.2, -0.15) is 4.39 Å². The second kappa shape index (κ2) is 3.36. The molecular formula is C10H10FNO2. The number of aromatic nitrogens is 1. The van der Waals surface area contributed by atoms with Gasteiger partial charge in [-0.1, -0.05) is 0 Å². The molecule has 3 nitrogen and oxygen atoms in total. The lowest BCUT2D eigenvalue weighted by molar-refractivity contribution is 0.0594. The van der Waals surface area contributed by atoms with E-state index in [2.05, 4.69) is 9.72 Å². The van der Waals surface area contributed by atoms with Crippen molar-refractivity contribution >= 4 is 5.97 Å². The highest BCUT2D eigenvalue weighted by Gasteiger charge is 2.26. The molecule has 0 spiro atoms. The zero-order valence-electron chi connectivity index (χ0n) is 7.79. The highest BCUT2D eigenvalue weighted by atomic mass is 19.1. The highest BCUT2D eigenvalue weighted by Crippen LogP contribution is 2.40. The number of halogens is 1. The molecule has 1 fully saturated rings. The van der Waals surface area contributed by atoms with Crippen LogP contribution >= 0.6 is 0 Å². The molecule has 0 atom stereocenters. The summed E-state index contributed by atoms with van der Waals surface area (Å²) < 4.78 is 17.5. The summed E-state index contributed by atoms with van der Waals surface area (Å²) in [6.07, 6.45) is 3.67. The molecule has 0 unspecified atom stereocenters. The normalized spacial score (nSPS) is 15.3. The van der Waals surface area contributed by atoms with Crippen molar-refractivity contribution in [3.05, 3.63) is 29.3 Å². The predicted molar refractivity (Wildman–Crippen MR) is 47.5 cm³/mol. The highest BCUT2D eigenvalue weighted by molar-refractivity contribution is 5.89. The minimum absolute atomic E-state index is 0.0723. The Kier molecular flexibility index (Phi) is 2.19. The zero-order valence-corrected chi connectivity index (χ0v) is 7.79. The van der Waals surface area contributed by atoms with Gasteiger partial charge < -0.3 is 4.74 Å². The van der Waals surface area contributed by atoms with Crippen molar-refractivity contribution in [1.82, 2.24) is 4.98 Å². The van der Waals surface area contributed by atoms with Gasteiger partial charge in [0.25, 0.3) is 0 Å². The molecule has 74 valence electrons. The topological polar surface area (TPSA) is 39.2 Å². The number of nitrogens with zero attached hydrogens (tertiary/aromatic N) is 1. The van der Waals surface area contributed by atoms with E-state index in [9.17, 15) is 9.18 Å². The number of methoxy groups -OCH3 is 1. The van der Waals surface area contributed by atoms with Crippen LogP contribution in [0.15, 0.2) is 12.3 Å².